The highest BCUT2D eigenvalue weighted by Gasteiger charge is 2.17. The van der Waals surface area contributed by atoms with E-state index in [0.717, 1.165) is 18.4 Å². The summed E-state index contributed by atoms with van der Waals surface area (Å²) < 4.78 is 10.8. The first-order chi connectivity index (χ1) is 10.9. The number of amides is 1. The van der Waals surface area contributed by atoms with Crippen LogP contribution in [0.25, 0.3) is 0 Å². The highest BCUT2D eigenvalue weighted by Crippen LogP contribution is 2.33. The van der Waals surface area contributed by atoms with Crippen molar-refractivity contribution in [2.75, 3.05) is 14.2 Å². The molecule has 0 aliphatic heterocycles. The predicted octanol–water partition coefficient (Wildman–Crippen LogP) is 3.99. The van der Waals surface area contributed by atoms with Crippen LogP contribution in [0.2, 0.25) is 0 Å². The molecule has 1 aromatic carbocycles. The minimum Gasteiger partial charge on any atom is -0.493 e. The molecule has 4 heteroatoms. The van der Waals surface area contributed by atoms with E-state index in [9.17, 15) is 4.79 Å². The number of nitrogens with one attached hydrogen (secondary N) is 1. The number of hydrogen-bond acceptors (Lipinski definition) is 3. The summed E-state index contributed by atoms with van der Waals surface area (Å²) in [7, 11) is 3.17. The van der Waals surface area contributed by atoms with Crippen molar-refractivity contribution in [3.05, 3.63) is 35.9 Å². The van der Waals surface area contributed by atoms with Crippen LogP contribution >= 0.6 is 0 Å². The standard InChI is InChI=1S/C19H29NO3/c1-7-8-15-11-16(12-17(22-5)18(15)23-6)19(21)20-14(4)10-9-13(2)3/h7,11-14H,1,8-10H2,2-6H3,(H,20,21). The van der Waals surface area contributed by atoms with Crippen LogP contribution in [0.15, 0.2) is 24.8 Å². The first kappa shape index (κ1) is 19.1. The van der Waals surface area contributed by atoms with Gasteiger partial charge in [0.1, 0.15) is 0 Å². The number of methoxy groups -OCH3 is 2. The van der Waals surface area contributed by atoms with Crippen molar-refractivity contribution in [1.82, 2.24) is 5.32 Å². The van der Waals surface area contributed by atoms with Crippen molar-refractivity contribution in [3.8, 4) is 11.5 Å². The third kappa shape index (κ3) is 5.62. The van der Waals surface area contributed by atoms with E-state index in [1.54, 1.807) is 26.4 Å². The molecule has 0 heterocycles. The molecule has 1 atom stereocenters. The van der Waals surface area contributed by atoms with Crippen LogP contribution in [-0.2, 0) is 6.42 Å². The Balaban J connectivity index is 2.95. The summed E-state index contributed by atoms with van der Waals surface area (Å²) >= 11 is 0. The van der Waals surface area contributed by atoms with Crippen molar-refractivity contribution >= 4 is 5.91 Å². The Labute approximate surface area is 139 Å². The van der Waals surface area contributed by atoms with Crippen LogP contribution in [0.3, 0.4) is 0 Å². The van der Waals surface area contributed by atoms with Gasteiger partial charge in [0.15, 0.2) is 11.5 Å². The summed E-state index contributed by atoms with van der Waals surface area (Å²) in [6, 6.07) is 3.70. The zero-order valence-corrected chi connectivity index (χ0v) is 14.9. The lowest BCUT2D eigenvalue weighted by Crippen LogP contribution is -2.32. The lowest BCUT2D eigenvalue weighted by atomic mass is 10.0. The molecule has 0 aromatic heterocycles. The molecule has 1 aromatic rings. The molecule has 1 amide bonds. The van der Waals surface area contributed by atoms with E-state index in [1.807, 2.05) is 13.0 Å². The van der Waals surface area contributed by atoms with Gasteiger partial charge >= 0.3 is 0 Å². The van der Waals surface area contributed by atoms with Gasteiger partial charge in [-0.05, 0) is 44.2 Å². The topological polar surface area (TPSA) is 47.6 Å². The minimum absolute atomic E-state index is 0.0903. The Morgan fingerprint density at radius 2 is 1.91 bits per heavy atom. The fourth-order valence-corrected chi connectivity index (χ4v) is 2.44. The van der Waals surface area contributed by atoms with Gasteiger partial charge in [0, 0.05) is 17.2 Å². The van der Waals surface area contributed by atoms with Crippen LogP contribution in [-0.4, -0.2) is 26.2 Å². The molecular weight excluding hydrogens is 290 g/mol. The highest BCUT2D eigenvalue weighted by molar-refractivity contribution is 5.95. The predicted molar refractivity (Wildman–Crippen MR) is 94.4 cm³/mol. The molecule has 0 radical (unpaired) electrons. The van der Waals surface area contributed by atoms with Crippen molar-refractivity contribution in [1.29, 1.82) is 0 Å². The number of carbonyl (C=O) groups excluding carboxylic acids is 1. The first-order valence-corrected chi connectivity index (χ1v) is 8.09. The minimum atomic E-state index is -0.0903. The number of rotatable bonds is 9. The van der Waals surface area contributed by atoms with Crippen LogP contribution in [0.1, 0.15) is 49.5 Å². The second kappa shape index (κ2) is 9.23. The van der Waals surface area contributed by atoms with Crippen LogP contribution < -0.4 is 14.8 Å². The van der Waals surface area contributed by atoms with Crippen molar-refractivity contribution in [2.45, 2.75) is 46.1 Å². The van der Waals surface area contributed by atoms with Gasteiger partial charge in [0.2, 0.25) is 0 Å². The Morgan fingerprint density at radius 1 is 1.22 bits per heavy atom. The Bertz CT molecular complexity index is 538. The van der Waals surface area contributed by atoms with Gasteiger partial charge in [-0.3, -0.25) is 4.79 Å². The second-order valence-electron chi connectivity index (χ2n) is 6.21. The molecule has 23 heavy (non-hydrogen) atoms. The molecule has 0 aliphatic rings. The zero-order valence-electron chi connectivity index (χ0n) is 14.9. The van der Waals surface area contributed by atoms with Crippen LogP contribution in [0.4, 0.5) is 0 Å². The quantitative estimate of drug-likeness (QED) is 0.700. The normalized spacial score (nSPS) is 11.9. The van der Waals surface area contributed by atoms with E-state index < -0.39 is 0 Å². The van der Waals surface area contributed by atoms with Gasteiger partial charge < -0.3 is 14.8 Å². The molecule has 4 nitrogen and oxygen atoms in total. The lowest BCUT2D eigenvalue weighted by molar-refractivity contribution is 0.0936. The van der Waals surface area contributed by atoms with Crippen molar-refractivity contribution < 1.29 is 14.3 Å². The molecule has 0 bridgehead atoms. The second-order valence-corrected chi connectivity index (χ2v) is 6.21. The maximum absolute atomic E-state index is 12.5. The maximum atomic E-state index is 12.5. The van der Waals surface area contributed by atoms with Crippen molar-refractivity contribution in [2.24, 2.45) is 5.92 Å². The van der Waals surface area contributed by atoms with Gasteiger partial charge in [-0.25, -0.2) is 0 Å². The highest BCUT2D eigenvalue weighted by atomic mass is 16.5. The third-order valence-electron chi connectivity index (χ3n) is 3.74. The molecular formula is C19H29NO3. The van der Waals surface area contributed by atoms with Crippen LogP contribution in [0.5, 0.6) is 11.5 Å². The number of hydrogen-bond donors (Lipinski definition) is 1. The Morgan fingerprint density at radius 3 is 2.43 bits per heavy atom. The number of benzene rings is 1. The molecule has 0 spiro atoms. The fraction of sp³-hybridized carbons (Fsp3) is 0.526. The molecule has 0 aliphatic carbocycles. The van der Waals surface area contributed by atoms with E-state index >= 15 is 0 Å². The van der Waals surface area contributed by atoms with Crippen molar-refractivity contribution in [3.63, 3.8) is 0 Å². The van der Waals surface area contributed by atoms with Gasteiger partial charge in [0.25, 0.3) is 5.91 Å². The van der Waals surface area contributed by atoms with Gasteiger partial charge in [-0.2, -0.15) is 0 Å². The zero-order chi connectivity index (χ0) is 17.4. The van der Waals surface area contributed by atoms with Gasteiger partial charge in [-0.15, -0.1) is 6.58 Å². The molecule has 0 saturated heterocycles. The number of carbonyl (C=O) groups is 1. The average molecular weight is 319 g/mol. The van der Waals surface area contributed by atoms with E-state index in [4.69, 9.17) is 9.47 Å². The molecule has 1 N–H and O–H groups in total. The monoisotopic (exact) mass is 319 g/mol. The summed E-state index contributed by atoms with van der Waals surface area (Å²) in [5.41, 5.74) is 1.47. The summed E-state index contributed by atoms with van der Waals surface area (Å²) in [6.07, 6.45) is 4.46. The number of allylic oxidation sites excluding steroid dienone is 1. The van der Waals surface area contributed by atoms with E-state index in [-0.39, 0.29) is 11.9 Å². The third-order valence-corrected chi connectivity index (χ3v) is 3.74. The van der Waals surface area contributed by atoms with Crippen LogP contribution in [0, 0.1) is 5.92 Å². The molecule has 0 fully saturated rings. The Hall–Kier alpha value is -1.97. The summed E-state index contributed by atoms with van der Waals surface area (Å²) in [5.74, 6) is 1.76. The molecule has 128 valence electrons. The van der Waals surface area contributed by atoms with E-state index in [2.05, 4.69) is 25.7 Å². The van der Waals surface area contributed by atoms with E-state index in [0.29, 0.717) is 29.4 Å². The molecule has 1 rings (SSSR count). The summed E-state index contributed by atoms with van der Waals surface area (Å²) in [4.78, 5) is 12.5. The van der Waals surface area contributed by atoms with Gasteiger partial charge in [-0.1, -0.05) is 19.9 Å². The summed E-state index contributed by atoms with van der Waals surface area (Å²) in [5, 5.41) is 3.05. The molecule has 0 saturated carbocycles. The Kier molecular flexibility index (Phi) is 7.66. The molecule has 1 unspecified atom stereocenters. The maximum Gasteiger partial charge on any atom is 0.251 e. The van der Waals surface area contributed by atoms with E-state index in [1.165, 1.54) is 0 Å². The lowest BCUT2D eigenvalue weighted by Gasteiger charge is -2.17. The fourth-order valence-electron chi connectivity index (χ4n) is 2.44. The smallest absolute Gasteiger partial charge is 0.251 e. The summed E-state index contributed by atoms with van der Waals surface area (Å²) in [6.45, 7) is 10.2. The SMILES string of the molecule is C=CCc1cc(C(=O)NC(C)CCC(C)C)cc(OC)c1OC. The van der Waals surface area contributed by atoms with Gasteiger partial charge in [0.05, 0.1) is 14.2 Å². The number of ether oxygens (including phenoxy) is 2. The largest absolute Gasteiger partial charge is 0.493 e. The first-order valence-electron chi connectivity index (χ1n) is 8.09. The average Bonchev–Trinajstić information content (AvgIpc) is 2.52.